The number of halogens is 1. The van der Waals surface area contributed by atoms with E-state index >= 15 is 0 Å². The van der Waals surface area contributed by atoms with Crippen molar-refractivity contribution in [3.8, 4) is 11.5 Å². The summed E-state index contributed by atoms with van der Waals surface area (Å²) in [6, 6.07) is 9.20. The van der Waals surface area contributed by atoms with E-state index in [1.165, 1.54) is 7.11 Å². The molecule has 5 heteroatoms. The van der Waals surface area contributed by atoms with Gasteiger partial charge in [0, 0.05) is 5.56 Å². The molecule has 0 N–H and O–H groups in total. The maximum absolute atomic E-state index is 11.3. The van der Waals surface area contributed by atoms with Crippen molar-refractivity contribution < 1.29 is 19.0 Å². The van der Waals surface area contributed by atoms with Gasteiger partial charge in [-0.2, -0.15) is 0 Å². The van der Waals surface area contributed by atoms with Gasteiger partial charge in [-0.25, -0.2) is 4.79 Å². The molecule has 2 rings (SSSR count). The maximum atomic E-state index is 11.3. The molecule has 0 saturated heterocycles. The molecule has 2 aromatic carbocycles. The normalized spacial score (nSPS) is 10.3. The summed E-state index contributed by atoms with van der Waals surface area (Å²) in [4.78, 5) is 11.3. The molecule has 0 heterocycles. The van der Waals surface area contributed by atoms with E-state index in [4.69, 9.17) is 21.1 Å². The third kappa shape index (κ3) is 4.17. The van der Waals surface area contributed by atoms with E-state index in [1.54, 1.807) is 12.1 Å². The van der Waals surface area contributed by atoms with Crippen molar-refractivity contribution in [2.24, 2.45) is 0 Å². The van der Waals surface area contributed by atoms with Gasteiger partial charge < -0.3 is 14.2 Å². The molecular formula is C18H19ClO4. The second kappa shape index (κ2) is 7.38. The summed E-state index contributed by atoms with van der Waals surface area (Å²) in [6.45, 7) is 6.15. The van der Waals surface area contributed by atoms with Crippen molar-refractivity contribution in [2.75, 3.05) is 7.11 Å². The van der Waals surface area contributed by atoms with E-state index in [1.807, 2.05) is 39.0 Å². The van der Waals surface area contributed by atoms with Crippen LogP contribution in [0.4, 0.5) is 4.79 Å². The highest BCUT2D eigenvalue weighted by atomic mass is 35.5. The number of hydrogen-bond donors (Lipinski definition) is 0. The van der Waals surface area contributed by atoms with E-state index in [-0.39, 0.29) is 6.61 Å². The van der Waals surface area contributed by atoms with E-state index in [2.05, 4.69) is 4.74 Å². The molecule has 0 aliphatic rings. The molecule has 0 fully saturated rings. The molecule has 0 aliphatic carbocycles. The highest BCUT2D eigenvalue weighted by Crippen LogP contribution is 2.30. The second-order valence-corrected chi connectivity index (χ2v) is 5.67. The van der Waals surface area contributed by atoms with Gasteiger partial charge in [-0.05, 0) is 55.7 Å². The van der Waals surface area contributed by atoms with Crippen LogP contribution < -0.4 is 9.47 Å². The SMILES string of the molecule is COC(=O)Oc1cccc(C)c1COc1cc(C)c(C)cc1Cl. The van der Waals surface area contributed by atoms with Crippen LogP contribution in [-0.4, -0.2) is 13.3 Å². The molecule has 0 aromatic heterocycles. The summed E-state index contributed by atoms with van der Waals surface area (Å²) in [5.41, 5.74) is 3.92. The number of ether oxygens (including phenoxy) is 3. The van der Waals surface area contributed by atoms with Crippen molar-refractivity contribution in [3.05, 3.63) is 57.6 Å². The molecule has 0 bridgehead atoms. The third-order valence-electron chi connectivity index (χ3n) is 3.65. The monoisotopic (exact) mass is 334 g/mol. The average Bonchev–Trinajstić information content (AvgIpc) is 2.51. The van der Waals surface area contributed by atoms with Crippen LogP contribution in [0.1, 0.15) is 22.3 Å². The summed E-state index contributed by atoms with van der Waals surface area (Å²) in [6.07, 6.45) is -0.763. The van der Waals surface area contributed by atoms with Crippen LogP contribution in [0, 0.1) is 20.8 Å². The van der Waals surface area contributed by atoms with Crippen LogP contribution in [-0.2, 0) is 11.3 Å². The fourth-order valence-corrected chi connectivity index (χ4v) is 2.38. The van der Waals surface area contributed by atoms with Crippen LogP contribution in [0.25, 0.3) is 0 Å². The minimum Gasteiger partial charge on any atom is -0.487 e. The van der Waals surface area contributed by atoms with E-state index < -0.39 is 6.16 Å². The first-order valence-electron chi connectivity index (χ1n) is 7.16. The lowest BCUT2D eigenvalue weighted by Gasteiger charge is -2.15. The number of carbonyl (C=O) groups is 1. The molecule has 0 aliphatic heterocycles. The molecule has 0 saturated carbocycles. The summed E-state index contributed by atoms with van der Waals surface area (Å²) in [5, 5.41) is 0.553. The highest BCUT2D eigenvalue weighted by Gasteiger charge is 2.13. The summed E-state index contributed by atoms with van der Waals surface area (Å²) in [7, 11) is 1.27. The maximum Gasteiger partial charge on any atom is 0.513 e. The Morgan fingerprint density at radius 3 is 2.43 bits per heavy atom. The smallest absolute Gasteiger partial charge is 0.487 e. The van der Waals surface area contributed by atoms with Crippen molar-refractivity contribution in [1.29, 1.82) is 0 Å². The van der Waals surface area contributed by atoms with Gasteiger partial charge in [0.15, 0.2) is 0 Å². The van der Waals surface area contributed by atoms with Gasteiger partial charge >= 0.3 is 6.16 Å². The largest absolute Gasteiger partial charge is 0.513 e. The average molecular weight is 335 g/mol. The van der Waals surface area contributed by atoms with Crippen molar-refractivity contribution in [1.82, 2.24) is 0 Å². The minimum atomic E-state index is -0.763. The van der Waals surface area contributed by atoms with Gasteiger partial charge in [0.1, 0.15) is 18.1 Å². The predicted molar refractivity (Wildman–Crippen MR) is 89.5 cm³/mol. The van der Waals surface area contributed by atoms with Gasteiger partial charge in [0.05, 0.1) is 12.1 Å². The first-order chi connectivity index (χ1) is 10.9. The predicted octanol–water partition coefficient (Wildman–Crippen LogP) is 4.99. The van der Waals surface area contributed by atoms with Crippen molar-refractivity contribution in [3.63, 3.8) is 0 Å². The Labute approximate surface area is 140 Å². The molecule has 2 aromatic rings. The number of benzene rings is 2. The molecule has 0 atom stereocenters. The fourth-order valence-electron chi connectivity index (χ4n) is 2.10. The molecule has 0 spiro atoms. The number of aryl methyl sites for hydroxylation is 3. The minimum absolute atomic E-state index is 0.237. The Hall–Kier alpha value is -2.20. The Morgan fingerprint density at radius 2 is 1.74 bits per heavy atom. The van der Waals surface area contributed by atoms with Crippen LogP contribution >= 0.6 is 11.6 Å². The molecule has 4 nitrogen and oxygen atoms in total. The number of carbonyl (C=O) groups excluding carboxylic acids is 1. The Balaban J connectivity index is 2.23. The Morgan fingerprint density at radius 1 is 1.04 bits per heavy atom. The van der Waals surface area contributed by atoms with E-state index in [0.717, 1.165) is 22.3 Å². The van der Waals surface area contributed by atoms with Crippen LogP contribution in [0.2, 0.25) is 5.02 Å². The van der Waals surface area contributed by atoms with Crippen LogP contribution in [0.5, 0.6) is 11.5 Å². The van der Waals surface area contributed by atoms with Gasteiger partial charge in [-0.3, -0.25) is 0 Å². The summed E-state index contributed by atoms with van der Waals surface area (Å²) >= 11 is 6.22. The third-order valence-corrected chi connectivity index (χ3v) is 3.94. The van der Waals surface area contributed by atoms with Crippen molar-refractivity contribution in [2.45, 2.75) is 27.4 Å². The quantitative estimate of drug-likeness (QED) is 0.583. The van der Waals surface area contributed by atoms with Crippen molar-refractivity contribution >= 4 is 17.8 Å². The molecule has 23 heavy (non-hydrogen) atoms. The topological polar surface area (TPSA) is 44.8 Å². The molecule has 0 radical (unpaired) electrons. The molecule has 0 amide bonds. The zero-order valence-corrected chi connectivity index (χ0v) is 14.4. The first-order valence-corrected chi connectivity index (χ1v) is 7.54. The fraction of sp³-hybridized carbons (Fsp3) is 0.278. The van der Waals surface area contributed by atoms with Crippen LogP contribution in [0.15, 0.2) is 30.3 Å². The van der Waals surface area contributed by atoms with Gasteiger partial charge in [-0.1, -0.05) is 23.7 Å². The van der Waals surface area contributed by atoms with E-state index in [9.17, 15) is 4.79 Å². The standard InChI is InChI=1S/C18H19ClO4/c1-11-6-5-7-16(23-18(20)21-4)14(11)10-22-17-9-13(3)12(2)8-15(17)19/h5-9H,10H2,1-4H3. The zero-order valence-electron chi connectivity index (χ0n) is 13.6. The first kappa shape index (κ1) is 17.2. The lowest BCUT2D eigenvalue weighted by molar-refractivity contribution is 0.120. The number of hydrogen-bond acceptors (Lipinski definition) is 4. The van der Waals surface area contributed by atoms with E-state index in [0.29, 0.717) is 16.5 Å². The number of methoxy groups -OCH3 is 1. The van der Waals surface area contributed by atoms with Gasteiger partial charge in [0.25, 0.3) is 0 Å². The number of rotatable bonds is 4. The molecule has 122 valence electrons. The van der Waals surface area contributed by atoms with Gasteiger partial charge in [0.2, 0.25) is 0 Å². The zero-order chi connectivity index (χ0) is 17.0. The summed E-state index contributed by atoms with van der Waals surface area (Å²) in [5.74, 6) is 1.01. The second-order valence-electron chi connectivity index (χ2n) is 5.26. The Kier molecular flexibility index (Phi) is 5.50. The highest BCUT2D eigenvalue weighted by molar-refractivity contribution is 6.32. The molecule has 0 unspecified atom stereocenters. The molecular weight excluding hydrogens is 316 g/mol. The lowest BCUT2D eigenvalue weighted by atomic mass is 10.1. The lowest BCUT2D eigenvalue weighted by Crippen LogP contribution is -2.10. The summed E-state index contributed by atoms with van der Waals surface area (Å²) < 4.78 is 15.5. The van der Waals surface area contributed by atoms with Crippen LogP contribution in [0.3, 0.4) is 0 Å². The Bertz CT molecular complexity index is 725. The van der Waals surface area contributed by atoms with Gasteiger partial charge in [-0.15, -0.1) is 0 Å².